The van der Waals surface area contributed by atoms with Gasteiger partial charge in [-0.2, -0.15) is 0 Å². The van der Waals surface area contributed by atoms with E-state index in [1.165, 1.54) is 0 Å². The molecular formula is C15H11ClN2O. The van der Waals surface area contributed by atoms with E-state index >= 15 is 0 Å². The Morgan fingerprint density at radius 2 is 1.84 bits per heavy atom. The number of hydrogen-bond donors (Lipinski definition) is 2. The average Bonchev–Trinajstić information content (AvgIpc) is 2.84. The first kappa shape index (κ1) is 11.8. The number of nitrogens with two attached hydrogens (primary N) is 1. The number of halogens is 1. The molecule has 19 heavy (non-hydrogen) atoms. The zero-order valence-corrected chi connectivity index (χ0v) is 10.7. The molecule has 0 atom stereocenters. The van der Waals surface area contributed by atoms with Crippen molar-refractivity contribution in [1.82, 2.24) is 4.98 Å². The van der Waals surface area contributed by atoms with Crippen molar-refractivity contribution in [1.29, 1.82) is 0 Å². The van der Waals surface area contributed by atoms with Gasteiger partial charge in [-0.1, -0.05) is 23.7 Å². The van der Waals surface area contributed by atoms with Crippen molar-refractivity contribution in [2.45, 2.75) is 0 Å². The fourth-order valence-electron chi connectivity index (χ4n) is 2.10. The molecule has 1 aromatic heterocycles. The molecule has 0 radical (unpaired) electrons. The minimum Gasteiger partial charge on any atom is -0.399 e. The van der Waals surface area contributed by atoms with Crippen LogP contribution in [0.15, 0.2) is 48.7 Å². The van der Waals surface area contributed by atoms with E-state index in [0.29, 0.717) is 21.8 Å². The summed E-state index contributed by atoms with van der Waals surface area (Å²) in [6.07, 6.45) is 1.69. The highest BCUT2D eigenvalue weighted by Crippen LogP contribution is 2.26. The van der Waals surface area contributed by atoms with Gasteiger partial charge in [0.2, 0.25) is 0 Å². The van der Waals surface area contributed by atoms with E-state index < -0.39 is 0 Å². The number of ketones is 1. The number of carbonyl (C=O) groups excluding carboxylic acids is 1. The predicted octanol–water partition coefficient (Wildman–Crippen LogP) is 3.63. The van der Waals surface area contributed by atoms with Gasteiger partial charge in [0.15, 0.2) is 5.78 Å². The Morgan fingerprint density at radius 3 is 2.58 bits per heavy atom. The highest BCUT2D eigenvalue weighted by molar-refractivity contribution is 6.35. The van der Waals surface area contributed by atoms with Crippen molar-refractivity contribution in [2.75, 3.05) is 5.73 Å². The third-order valence-electron chi connectivity index (χ3n) is 3.08. The number of anilines is 1. The standard InChI is InChI=1S/C15H11ClN2O/c16-13-3-1-2-11-12(8-18-14(11)13)15(19)9-4-6-10(17)7-5-9/h1-8,18H,17H2. The van der Waals surface area contributed by atoms with E-state index in [4.69, 9.17) is 17.3 Å². The van der Waals surface area contributed by atoms with Gasteiger partial charge in [-0.25, -0.2) is 0 Å². The summed E-state index contributed by atoms with van der Waals surface area (Å²) in [4.78, 5) is 15.5. The Balaban J connectivity index is 2.12. The van der Waals surface area contributed by atoms with Gasteiger partial charge >= 0.3 is 0 Å². The minimum atomic E-state index is -0.0477. The number of para-hydroxylation sites is 1. The number of carbonyl (C=O) groups is 1. The van der Waals surface area contributed by atoms with Gasteiger partial charge in [-0.05, 0) is 30.3 Å². The summed E-state index contributed by atoms with van der Waals surface area (Å²) >= 11 is 6.08. The van der Waals surface area contributed by atoms with Gasteiger partial charge in [0.05, 0.1) is 10.5 Å². The Labute approximate surface area is 115 Å². The van der Waals surface area contributed by atoms with Crippen LogP contribution in [0.2, 0.25) is 5.02 Å². The summed E-state index contributed by atoms with van der Waals surface area (Å²) in [5.74, 6) is -0.0477. The lowest BCUT2D eigenvalue weighted by molar-refractivity contribution is 0.104. The molecule has 2 aromatic carbocycles. The van der Waals surface area contributed by atoms with Crippen molar-refractivity contribution in [3.8, 4) is 0 Å². The fourth-order valence-corrected chi connectivity index (χ4v) is 2.32. The topological polar surface area (TPSA) is 58.9 Å². The van der Waals surface area contributed by atoms with Gasteiger partial charge in [-0.15, -0.1) is 0 Å². The Kier molecular flexibility index (Phi) is 2.76. The quantitative estimate of drug-likeness (QED) is 0.552. The second kappa shape index (κ2) is 4.44. The molecular weight excluding hydrogens is 260 g/mol. The number of fused-ring (bicyclic) bond motifs is 1. The molecule has 3 nitrogen and oxygen atoms in total. The van der Waals surface area contributed by atoms with Crippen molar-refractivity contribution in [3.05, 3.63) is 64.8 Å². The molecule has 94 valence electrons. The number of H-pyrrole nitrogens is 1. The summed E-state index contributed by atoms with van der Waals surface area (Å²) in [6.45, 7) is 0. The molecule has 0 aliphatic rings. The van der Waals surface area contributed by atoms with Gasteiger partial charge in [0.1, 0.15) is 0 Å². The first-order valence-electron chi connectivity index (χ1n) is 5.82. The third kappa shape index (κ3) is 1.98. The summed E-state index contributed by atoms with van der Waals surface area (Å²) in [5.41, 5.74) is 8.26. The molecule has 0 bridgehead atoms. The summed E-state index contributed by atoms with van der Waals surface area (Å²) in [7, 11) is 0. The minimum absolute atomic E-state index is 0.0477. The largest absolute Gasteiger partial charge is 0.399 e. The molecule has 0 unspecified atom stereocenters. The zero-order chi connectivity index (χ0) is 13.4. The number of nitrogens with one attached hydrogen (secondary N) is 1. The second-order valence-corrected chi connectivity index (χ2v) is 4.72. The number of benzene rings is 2. The number of rotatable bonds is 2. The SMILES string of the molecule is Nc1ccc(C(=O)c2c[nH]c3c(Cl)cccc23)cc1. The van der Waals surface area contributed by atoms with E-state index in [-0.39, 0.29) is 5.78 Å². The number of hydrogen-bond acceptors (Lipinski definition) is 2. The second-order valence-electron chi connectivity index (χ2n) is 4.32. The first-order valence-corrected chi connectivity index (χ1v) is 6.20. The van der Waals surface area contributed by atoms with Crippen LogP contribution in [-0.2, 0) is 0 Å². The Hall–Kier alpha value is -2.26. The maximum Gasteiger partial charge on any atom is 0.195 e. The zero-order valence-electron chi connectivity index (χ0n) is 9.98. The molecule has 0 saturated heterocycles. The van der Waals surface area contributed by atoms with Crippen LogP contribution in [0.1, 0.15) is 15.9 Å². The van der Waals surface area contributed by atoms with E-state index in [9.17, 15) is 4.79 Å². The van der Waals surface area contributed by atoms with E-state index in [1.807, 2.05) is 12.1 Å². The molecule has 0 spiro atoms. The lowest BCUT2D eigenvalue weighted by Crippen LogP contribution is -2.00. The van der Waals surface area contributed by atoms with Crippen molar-refractivity contribution < 1.29 is 4.79 Å². The normalized spacial score (nSPS) is 10.8. The Morgan fingerprint density at radius 1 is 1.11 bits per heavy atom. The van der Waals surface area contributed by atoms with Crippen molar-refractivity contribution >= 4 is 34.0 Å². The van der Waals surface area contributed by atoms with Crippen LogP contribution in [0, 0.1) is 0 Å². The first-order chi connectivity index (χ1) is 9.16. The molecule has 0 amide bonds. The molecule has 3 aromatic rings. The van der Waals surface area contributed by atoms with Crippen LogP contribution in [0.3, 0.4) is 0 Å². The van der Waals surface area contributed by atoms with Gasteiger partial charge in [-0.3, -0.25) is 4.79 Å². The summed E-state index contributed by atoms with van der Waals surface area (Å²) < 4.78 is 0. The van der Waals surface area contributed by atoms with Gasteiger partial charge in [0.25, 0.3) is 0 Å². The lowest BCUT2D eigenvalue weighted by Gasteiger charge is -2.01. The van der Waals surface area contributed by atoms with Crippen LogP contribution in [0.25, 0.3) is 10.9 Å². The maximum absolute atomic E-state index is 12.4. The summed E-state index contributed by atoms with van der Waals surface area (Å²) in [5, 5.41) is 1.43. The monoisotopic (exact) mass is 270 g/mol. The highest BCUT2D eigenvalue weighted by Gasteiger charge is 2.14. The average molecular weight is 271 g/mol. The lowest BCUT2D eigenvalue weighted by atomic mass is 10.0. The number of nitrogen functional groups attached to an aromatic ring is 1. The third-order valence-corrected chi connectivity index (χ3v) is 3.40. The number of aromatic nitrogens is 1. The van der Waals surface area contributed by atoms with Crippen LogP contribution in [0.5, 0.6) is 0 Å². The van der Waals surface area contributed by atoms with Crippen LogP contribution in [-0.4, -0.2) is 10.8 Å². The van der Waals surface area contributed by atoms with Crippen molar-refractivity contribution in [3.63, 3.8) is 0 Å². The molecule has 1 heterocycles. The van der Waals surface area contributed by atoms with Crippen LogP contribution in [0.4, 0.5) is 5.69 Å². The molecule has 3 N–H and O–H groups in total. The smallest absolute Gasteiger partial charge is 0.195 e. The van der Waals surface area contributed by atoms with Gasteiger partial charge in [0, 0.05) is 28.4 Å². The van der Waals surface area contributed by atoms with Gasteiger partial charge < -0.3 is 10.7 Å². The van der Waals surface area contributed by atoms with E-state index in [0.717, 1.165) is 10.9 Å². The fraction of sp³-hybridized carbons (Fsp3) is 0. The maximum atomic E-state index is 12.4. The van der Waals surface area contributed by atoms with Crippen LogP contribution >= 0.6 is 11.6 Å². The molecule has 0 fully saturated rings. The molecule has 0 saturated carbocycles. The Bertz CT molecular complexity index is 759. The van der Waals surface area contributed by atoms with E-state index in [2.05, 4.69) is 4.98 Å². The predicted molar refractivity (Wildman–Crippen MR) is 77.6 cm³/mol. The van der Waals surface area contributed by atoms with Crippen LogP contribution < -0.4 is 5.73 Å². The molecule has 3 rings (SSSR count). The van der Waals surface area contributed by atoms with Crippen molar-refractivity contribution in [2.24, 2.45) is 0 Å². The summed E-state index contributed by atoms with van der Waals surface area (Å²) in [6, 6.07) is 12.4. The number of aromatic amines is 1. The molecule has 0 aliphatic carbocycles. The highest BCUT2D eigenvalue weighted by atomic mass is 35.5. The van der Waals surface area contributed by atoms with E-state index in [1.54, 1.807) is 36.5 Å². The molecule has 4 heteroatoms. The molecule has 0 aliphatic heterocycles.